The van der Waals surface area contributed by atoms with Crippen molar-refractivity contribution in [1.29, 1.82) is 0 Å². The first kappa shape index (κ1) is 19.4. The molecule has 0 unspecified atom stereocenters. The minimum absolute atomic E-state index is 0.0291. The van der Waals surface area contributed by atoms with Gasteiger partial charge in [0.1, 0.15) is 11.5 Å². The number of pyridine rings is 1. The molecule has 2 aromatic carbocycles. The molecule has 0 saturated heterocycles. The van der Waals surface area contributed by atoms with Crippen molar-refractivity contribution in [3.05, 3.63) is 96.2 Å². The molecule has 7 heteroatoms. The van der Waals surface area contributed by atoms with E-state index in [4.69, 9.17) is 0 Å². The molecule has 0 radical (unpaired) electrons. The molecule has 3 heterocycles. The molecular formula is C24H21N5OS. The lowest BCUT2D eigenvalue weighted by Gasteiger charge is -2.17. The zero-order valence-electron chi connectivity index (χ0n) is 17.0. The number of H-pyrrole nitrogens is 1. The van der Waals surface area contributed by atoms with Crippen LogP contribution in [-0.4, -0.2) is 37.2 Å². The fourth-order valence-corrected chi connectivity index (χ4v) is 4.49. The lowest BCUT2D eigenvalue weighted by Crippen LogP contribution is -2.27. The third-order valence-corrected chi connectivity index (χ3v) is 6.19. The first-order valence-electron chi connectivity index (χ1n) is 10.0. The molecule has 5 rings (SSSR count). The Bertz CT molecular complexity index is 1310. The fraction of sp³-hybridized carbons (Fsp3) is 0.125. The Balaban J connectivity index is 1.31. The van der Waals surface area contributed by atoms with Crippen molar-refractivity contribution in [2.75, 3.05) is 7.05 Å². The summed E-state index contributed by atoms with van der Waals surface area (Å²) in [7, 11) is 1.80. The van der Waals surface area contributed by atoms with Gasteiger partial charge in [-0.2, -0.15) is 0 Å². The summed E-state index contributed by atoms with van der Waals surface area (Å²) < 4.78 is 2.01. The van der Waals surface area contributed by atoms with E-state index in [1.54, 1.807) is 23.7 Å². The number of carbonyl (C=O) groups is 1. The summed E-state index contributed by atoms with van der Waals surface area (Å²) in [6.45, 7) is 0.416. The van der Waals surface area contributed by atoms with E-state index in [0.29, 0.717) is 17.9 Å². The molecule has 0 aliphatic carbocycles. The molecule has 1 amide bonds. The van der Waals surface area contributed by atoms with Gasteiger partial charge in [0.15, 0.2) is 0 Å². The molecule has 0 atom stereocenters. The number of thioether (sulfide) groups is 1. The summed E-state index contributed by atoms with van der Waals surface area (Å²) in [6, 6.07) is 21.5. The van der Waals surface area contributed by atoms with Crippen molar-refractivity contribution in [2.24, 2.45) is 0 Å². The third-order valence-electron chi connectivity index (χ3n) is 5.08. The van der Waals surface area contributed by atoms with Gasteiger partial charge in [-0.15, -0.1) is 11.8 Å². The minimum atomic E-state index is -0.0291. The summed E-state index contributed by atoms with van der Waals surface area (Å²) in [5.74, 6) is 1.43. The molecule has 0 aliphatic rings. The largest absolute Gasteiger partial charge is 0.340 e. The standard InChI is InChI=1S/C24H21N5OS/c1-28(15-22-26-19-9-3-4-10-20(19)27-22)24(30)18-8-2-5-11-21(18)31-16-17-14-29-13-7-6-12-23(29)25-17/h2-14H,15-16H2,1H3,(H,26,27). The van der Waals surface area contributed by atoms with Crippen LogP contribution < -0.4 is 0 Å². The Labute approximate surface area is 183 Å². The van der Waals surface area contributed by atoms with E-state index in [2.05, 4.69) is 15.0 Å². The smallest absolute Gasteiger partial charge is 0.255 e. The second kappa shape index (κ2) is 8.28. The van der Waals surface area contributed by atoms with Crippen molar-refractivity contribution in [1.82, 2.24) is 24.3 Å². The van der Waals surface area contributed by atoms with Gasteiger partial charge in [0.25, 0.3) is 5.91 Å². The van der Waals surface area contributed by atoms with Gasteiger partial charge in [0, 0.05) is 30.1 Å². The highest BCUT2D eigenvalue weighted by Crippen LogP contribution is 2.27. The Morgan fingerprint density at radius 3 is 2.71 bits per heavy atom. The van der Waals surface area contributed by atoms with Gasteiger partial charge in [0.2, 0.25) is 0 Å². The van der Waals surface area contributed by atoms with Crippen molar-refractivity contribution < 1.29 is 4.79 Å². The maximum absolute atomic E-state index is 13.2. The van der Waals surface area contributed by atoms with Gasteiger partial charge in [-0.3, -0.25) is 4.79 Å². The maximum atomic E-state index is 13.2. The van der Waals surface area contributed by atoms with E-state index >= 15 is 0 Å². The van der Waals surface area contributed by atoms with Crippen LogP contribution in [0.3, 0.4) is 0 Å². The number of aromatic amines is 1. The minimum Gasteiger partial charge on any atom is -0.340 e. The van der Waals surface area contributed by atoms with Gasteiger partial charge in [0.05, 0.1) is 28.8 Å². The number of hydrogen-bond acceptors (Lipinski definition) is 4. The number of amides is 1. The van der Waals surface area contributed by atoms with Crippen LogP contribution in [0.5, 0.6) is 0 Å². The SMILES string of the molecule is CN(Cc1nc2ccccc2[nH]1)C(=O)c1ccccc1SCc1cn2ccccc2n1. The van der Waals surface area contributed by atoms with Gasteiger partial charge < -0.3 is 14.3 Å². The van der Waals surface area contributed by atoms with E-state index in [1.165, 1.54) is 0 Å². The van der Waals surface area contributed by atoms with Gasteiger partial charge in [-0.05, 0) is 36.4 Å². The predicted molar refractivity (Wildman–Crippen MR) is 123 cm³/mol. The van der Waals surface area contributed by atoms with E-state index < -0.39 is 0 Å². The van der Waals surface area contributed by atoms with Crippen LogP contribution in [0.1, 0.15) is 21.9 Å². The molecule has 0 bridgehead atoms. The highest BCUT2D eigenvalue weighted by atomic mass is 32.2. The summed E-state index contributed by atoms with van der Waals surface area (Å²) in [5.41, 5.74) is 4.47. The lowest BCUT2D eigenvalue weighted by atomic mass is 10.2. The highest BCUT2D eigenvalue weighted by molar-refractivity contribution is 7.98. The Kier molecular flexibility index (Phi) is 5.18. The molecule has 6 nitrogen and oxygen atoms in total. The van der Waals surface area contributed by atoms with Crippen molar-refractivity contribution in [3.8, 4) is 0 Å². The maximum Gasteiger partial charge on any atom is 0.255 e. The molecule has 31 heavy (non-hydrogen) atoms. The first-order valence-corrected chi connectivity index (χ1v) is 11.0. The zero-order chi connectivity index (χ0) is 21.2. The first-order chi connectivity index (χ1) is 15.2. The number of aromatic nitrogens is 4. The van der Waals surface area contributed by atoms with Crippen LogP contribution in [0.25, 0.3) is 16.7 Å². The van der Waals surface area contributed by atoms with Crippen molar-refractivity contribution in [3.63, 3.8) is 0 Å². The van der Waals surface area contributed by atoms with Gasteiger partial charge in [-0.1, -0.05) is 30.3 Å². The number of hydrogen-bond donors (Lipinski definition) is 1. The number of benzene rings is 2. The summed E-state index contributed by atoms with van der Waals surface area (Å²) in [4.78, 5) is 28.3. The summed E-state index contributed by atoms with van der Waals surface area (Å²) in [6.07, 6.45) is 4.02. The van der Waals surface area contributed by atoms with Crippen LogP contribution in [0.2, 0.25) is 0 Å². The number of nitrogens with one attached hydrogen (secondary N) is 1. The van der Waals surface area contributed by atoms with E-state index in [0.717, 1.165) is 33.1 Å². The van der Waals surface area contributed by atoms with E-state index in [-0.39, 0.29) is 5.91 Å². The summed E-state index contributed by atoms with van der Waals surface area (Å²) in [5, 5.41) is 0. The number of imidazole rings is 2. The van der Waals surface area contributed by atoms with Crippen LogP contribution in [0, 0.1) is 0 Å². The average molecular weight is 428 g/mol. The predicted octanol–water partition coefficient (Wildman–Crippen LogP) is 4.78. The quantitative estimate of drug-likeness (QED) is 0.396. The number of fused-ring (bicyclic) bond motifs is 2. The van der Waals surface area contributed by atoms with Crippen LogP contribution >= 0.6 is 11.8 Å². The number of nitrogens with zero attached hydrogens (tertiary/aromatic N) is 4. The highest BCUT2D eigenvalue weighted by Gasteiger charge is 2.17. The van der Waals surface area contributed by atoms with Crippen molar-refractivity contribution >= 4 is 34.3 Å². The second-order valence-corrected chi connectivity index (χ2v) is 8.36. The second-order valence-electron chi connectivity index (χ2n) is 7.35. The monoisotopic (exact) mass is 427 g/mol. The number of rotatable bonds is 6. The van der Waals surface area contributed by atoms with E-state index in [1.807, 2.05) is 83.5 Å². The number of carbonyl (C=O) groups excluding carboxylic acids is 1. The van der Waals surface area contributed by atoms with Gasteiger partial charge in [-0.25, -0.2) is 9.97 Å². The van der Waals surface area contributed by atoms with Crippen LogP contribution in [0.15, 0.2) is 84.0 Å². The summed E-state index contributed by atoms with van der Waals surface area (Å²) >= 11 is 1.62. The molecule has 154 valence electrons. The Hall–Kier alpha value is -3.58. The van der Waals surface area contributed by atoms with Crippen LogP contribution in [-0.2, 0) is 12.3 Å². The average Bonchev–Trinajstić information content (AvgIpc) is 3.40. The van der Waals surface area contributed by atoms with E-state index in [9.17, 15) is 4.79 Å². The normalized spacial score (nSPS) is 11.3. The van der Waals surface area contributed by atoms with Crippen LogP contribution in [0.4, 0.5) is 0 Å². The molecular weight excluding hydrogens is 406 g/mol. The lowest BCUT2D eigenvalue weighted by molar-refractivity contribution is 0.0778. The molecule has 0 spiro atoms. The fourth-order valence-electron chi connectivity index (χ4n) is 3.56. The van der Waals surface area contributed by atoms with Crippen molar-refractivity contribution in [2.45, 2.75) is 17.2 Å². The zero-order valence-corrected chi connectivity index (χ0v) is 17.8. The molecule has 1 N–H and O–H groups in total. The molecule has 0 aliphatic heterocycles. The molecule has 5 aromatic rings. The topological polar surface area (TPSA) is 66.3 Å². The third kappa shape index (κ3) is 4.04. The number of para-hydroxylation sites is 2. The molecule has 0 saturated carbocycles. The van der Waals surface area contributed by atoms with Gasteiger partial charge >= 0.3 is 0 Å². The Morgan fingerprint density at radius 1 is 1.03 bits per heavy atom. The Morgan fingerprint density at radius 2 is 1.84 bits per heavy atom. The molecule has 0 fully saturated rings. The molecule has 3 aromatic heterocycles.